The van der Waals surface area contributed by atoms with E-state index in [-0.39, 0.29) is 12.1 Å². The lowest BCUT2D eigenvalue weighted by molar-refractivity contribution is -0.385. The molecule has 0 aliphatic carbocycles. The summed E-state index contributed by atoms with van der Waals surface area (Å²) in [6.07, 6.45) is -10.4. The van der Waals surface area contributed by atoms with E-state index >= 15 is 0 Å². The van der Waals surface area contributed by atoms with Crippen molar-refractivity contribution < 1.29 is 31.3 Å². The molecule has 0 saturated heterocycles. The van der Waals surface area contributed by atoms with Crippen LogP contribution in [0.15, 0.2) is 12.1 Å². The maximum atomic E-state index is 12.1. The number of rotatable bonds is 1. The highest BCUT2D eigenvalue weighted by atomic mass is 19.4. The fourth-order valence-electron chi connectivity index (χ4n) is 0.912. The standard InChI is InChI=1S/C7H2F6N2O2/c8-6(9,10)4-1-3(15(16)17)2-5(14-4)7(11,12)13/h1-2H. The van der Waals surface area contributed by atoms with Gasteiger partial charge in [0.2, 0.25) is 0 Å². The minimum absolute atomic E-state index is 0.0603. The van der Waals surface area contributed by atoms with Crippen molar-refractivity contribution in [2.75, 3.05) is 0 Å². The molecule has 0 unspecified atom stereocenters. The van der Waals surface area contributed by atoms with Gasteiger partial charge in [-0.15, -0.1) is 0 Å². The number of pyridine rings is 1. The summed E-state index contributed by atoms with van der Waals surface area (Å²) in [5, 5.41) is 10.2. The topological polar surface area (TPSA) is 56.0 Å². The molecule has 0 atom stereocenters. The molecule has 0 spiro atoms. The summed E-state index contributed by atoms with van der Waals surface area (Å²) in [4.78, 5) is 11.2. The Morgan fingerprint density at radius 3 is 1.59 bits per heavy atom. The highest BCUT2D eigenvalue weighted by molar-refractivity contribution is 5.35. The maximum absolute atomic E-state index is 12.1. The molecule has 0 amide bonds. The lowest BCUT2D eigenvalue weighted by Gasteiger charge is -2.09. The zero-order valence-corrected chi connectivity index (χ0v) is 7.63. The van der Waals surface area contributed by atoms with Gasteiger partial charge in [0.05, 0.1) is 4.92 Å². The maximum Gasteiger partial charge on any atom is 0.433 e. The van der Waals surface area contributed by atoms with Crippen LogP contribution >= 0.6 is 0 Å². The molecule has 0 radical (unpaired) electrons. The van der Waals surface area contributed by atoms with Crippen molar-refractivity contribution in [2.24, 2.45) is 0 Å². The Labute approximate surface area is 89.0 Å². The summed E-state index contributed by atoms with van der Waals surface area (Å²) in [5.41, 5.74) is -5.24. The second kappa shape index (κ2) is 3.86. The number of hydrogen-bond acceptors (Lipinski definition) is 3. The van der Waals surface area contributed by atoms with Crippen LogP contribution < -0.4 is 0 Å². The first-order valence-electron chi connectivity index (χ1n) is 3.82. The largest absolute Gasteiger partial charge is 0.433 e. The zero-order chi connectivity index (χ0) is 13.4. The summed E-state index contributed by atoms with van der Waals surface area (Å²) in [6, 6.07) is -0.121. The van der Waals surface area contributed by atoms with Gasteiger partial charge in [0.25, 0.3) is 5.69 Å². The van der Waals surface area contributed by atoms with Crippen molar-refractivity contribution in [2.45, 2.75) is 12.4 Å². The minimum atomic E-state index is -5.19. The lowest BCUT2D eigenvalue weighted by Crippen LogP contribution is -2.15. The Hall–Kier alpha value is -1.87. The number of nitrogens with zero attached hydrogens (tertiary/aromatic N) is 2. The number of aromatic nitrogens is 1. The molecular formula is C7H2F6N2O2. The average molecular weight is 260 g/mol. The van der Waals surface area contributed by atoms with Crippen LogP contribution in [0.2, 0.25) is 0 Å². The third-order valence-corrected chi connectivity index (χ3v) is 1.60. The number of hydrogen-bond donors (Lipinski definition) is 0. The lowest BCUT2D eigenvalue weighted by atomic mass is 10.2. The summed E-state index contributed by atoms with van der Waals surface area (Å²) < 4.78 is 72.9. The second-order valence-corrected chi connectivity index (χ2v) is 2.85. The van der Waals surface area contributed by atoms with Crippen molar-refractivity contribution in [1.29, 1.82) is 0 Å². The highest BCUT2D eigenvalue weighted by Gasteiger charge is 2.40. The number of nitro groups is 1. The molecule has 0 bridgehead atoms. The van der Waals surface area contributed by atoms with Gasteiger partial charge in [0.1, 0.15) is 0 Å². The Bertz CT molecular complexity index is 420. The average Bonchev–Trinajstić information content (AvgIpc) is 2.14. The molecule has 1 heterocycles. The Morgan fingerprint density at radius 2 is 1.35 bits per heavy atom. The van der Waals surface area contributed by atoms with E-state index in [1.54, 1.807) is 0 Å². The normalized spacial score (nSPS) is 12.6. The second-order valence-electron chi connectivity index (χ2n) is 2.85. The van der Waals surface area contributed by atoms with Crippen LogP contribution in [0.1, 0.15) is 11.4 Å². The molecule has 0 N–H and O–H groups in total. The van der Waals surface area contributed by atoms with Crippen molar-refractivity contribution >= 4 is 5.69 Å². The Morgan fingerprint density at radius 1 is 1.00 bits per heavy atom. The first-order valence-corrected chi connectivity index (χ1v) is 3.82. The van der Waals surface area contributed by atoms with E-state index < -0.39 is 34.4 Å². The first-order chi connectivity index (χ1) is 7.51. The fraction of sp³-hybridized carbons (Fsp3) is 0.286. The van der Waals surface area contributed by atoms with Gasteiger partial charge in [-0.2, -0.15) is 26.3 Å². The quantitative estimate of drug-likeness (QED) is 0.443. The Kier molecular flexibility index (Phi) is 2.99. The summed E-state index contributed by atoms with van der Waals surface area (Å²) in [7, 11) is 0. The minimum Gasteiger partial charge on any atom is -0.258 e. The fourth-order valence-corrected chi connectivity index (χ4v) is 0.912. The predicted molar refractivity (Wildman–Crippen MR) is 40.9 cm³/mol. The first kappa shape index (κ1) is 13.2. The Balaban J connectivity index is 3.45. The van der Waals surface area contributed by atoms with E-state index in [1.807, 2.05) is 0 Å². The number of halogens is 6. The van der Waals surface area contributed by atoms with E-state index in [1.165, 1.54) is 0 Å². The van der Waals surface area contributed by atoms with Crippen LogP contribution in [0.3, 0.4) is 0 Å². The molecule has 0 aliphatic heterocycles. The molecule has 1 aromatic heterocycles. The van der Waals surface area contributed by atoms with Gasteiger partial charge >= 0.3 is 12.4 Å². The molecule has 0 aliphatic rings. The molecule has 17 heavy (non-hydrogen) atoms. The SMILES string of the molecule is O=[N+]([O-])c1cc(C(F)(F)F)nc(C(F)(F)F)c1. The van der Waals surface area contributed by atoms with Gasteiger partial charge in [-0.3, -0.25) is 10.1 Å². The van der Waals surface area contributed by atoms with Gasteiger partial charge in [-0.05, 0) is 0 Å². The van der Waals surface area contributed by atoms with E-state index in [2.05, 4.69) is 4.98 Å². The van der Waals surface area contributed by atoms with Crippen molar-refractivity contribution in [1.82, 2.24) is 4.98 Å². The molecule has 94 valence electrons. The van der Waals surface area contributed by atoms with Crippen molar-refractivity contribution in [3.05, 3.63) is 33.6 Å². The van der Waals surface area contributed by atoms with Gasteiger partial charge in [0.15, 0.2) is 11.4 Å². The summed E-state index contributed by atoms with van der Waals surface area (Å²) in [6.45, 7) is 0. The molecule has 0 saturated carbocycles. The molecule has 10 heteroatoms. The third kappa shape index (κ3) is 3.04. The van der Waals surface area contributed by atoms with Crippen LogP contribution in [0.4, 0.5) is 32.0 Å². The van der Waals surface area contributed by atoms with Crippen molar-refractivity contribution in [3.8, 4) is 0 Å². The van der Waals surface area contributed by atoms with Crippen LogP contribution in [0, 0.1) is 10.1 Å². The molecule has 0 aromatic carbocycles. The van der Waals surface area contributed by atoms with E-state index in [9.17, 15) is 36.5 Å². The van der Waals surface area contributed by atoms with Crippen LogP contribution in [-0.4, -0.2) is 9.91 Å². The molecule has 1 rings (SSSR count). The summed E-state index contributed by atoms with van der Waals surface area (Å²) >= 11 is 0. The predicted octanol–water partition coefficient (Wildman–Crippen LogP) is 3.03. The van der Waals surface area contributed by atoms with E-state index in [4.69, 9.17) is 0 Å². The number of alkyl halides is 6. The monoisotopic (exact) mass is 260 g/mol. The van der Waals surface area contributed by atoms with Crippen LogP contribution in [0.5, 0.6) is 0 Å². The molecule has 4 nitrogen and oxygen atoms in total. The van der Waals surface area contributed by atoms with Gasteiger partial charge in [-0.1, -0.05) is 0 Å². The van der Waals surface area contributed by atoms with Crippen molar-refractivity contribution in [3.63, 3.8) is 0 Å². The van der Waals surface area contributed by atoms with Gasteiger partial charge < -0.3 is 0 Å². The van der Waals surface area contributed by atoms with Crippen LogP contribution in [-0.2, 0) is 12.4 Å². The van der Waals surface area contributed by atoms with Gasteiger partial charge in [-0.25, -0.2) is 4.98 Å². The van der Waals surface area contributed by atoms with E-state index in [0.29, 0.717) is 0 Å². The van der Waals surface area contributed by atoms with E-state index in [0.717, 1.165) is 0 Å². The van der Waals surface area contributed by atoms with Gasteiger partial charge in [0, 0.05) is 12.1 Å². The summed E-state index contributed by atoms with van der Waals surface area (Å²) in [5.74, 6) is 0. The van der Waals surface area contributed by atoms with Crippen LogP contribution in [0.25, 0.3) is 0 Å². The highest BCUT2D eigenvalue weighted by Crippen LogP contribution is 2.35. The molecular weight excluding hydrogens is 258 g/mol. The molecule has 1 aromatic rings. The zero-order valence-electron chi connectivity index (χ0n) is 7.63. The smallest absolute Gasteiger partial charge is 0.258 e. The molecule has 0 fully saturated rings. The third-order valence-electron chi connectivity index (χ3n) is 1.60.